The highest BCUT2D eigenvalue weighted by atomic mass is 16.4. The van der Waals surface area contributed by atoms with Crippen molar-refractivity contribution in [2.45, 2.75) is 0 Å². The molecule has 0 aromatic carbocycles. The van der Waals surface area contributed by atoms with Gasteiger partial charge in [0.15, 0.2) is 0 Å². The molecule has 9 nitrogen and oxygen atoms in total. The molecule has 15 heavy (non-hydrogen) atoms. The first kappa shape index (κ1) is 10.8. The van der Waals surface area contributed by atoms with Crippen LogP contribution in [0.3, 0.4) is 0 Å². The van der Waals surface area contributed by atoms with Gasteiger partial charge in [-0.2, -0.15) is 10.0 Å². The Balaban J connectivity index is 2.89. The zero-order valence-electron chi connectivity index (χ0n) is 7.58. The molecule has 0 radical (unpaired) electrons. The summed E-state index contributed by atoms with van der Waals surface area (Å²) in [7, 11) is 0. The third kappa shape index (κ3) is 2.15. The molecular formula is C6H10N6O3. The largest absolute Gasteiger partial charge is 0.421 e. The predicted octanol–water partition coefficient (Wildman–Crippen LogP) is -1.20. The Bertz CT molecular complexity index is 353. The minimum Gasteiger partial charge on any atom is -0.421 e. The number of nitrogens with zero attached hydrogens (tertiary/aromatic N) is 2. The van der Waals surface area contributed by atoms with Crippen molar-refractivity contribution in [3.8, 4) is 0 Å². The van der Waals surface area contributed by atoms with E-state index in [0.717, 1.165) is 0 Å². The predicted molar refractivity (Wildman–Crippen MR) is 51.2 cm³/mol. The molecule has 1 aromatic heterocycles. The monoisotopic (exact) mass is 214 g/mol. The van der Waals surface area contributed by atoms with E-state index in [-0.39, 0.29) is 11.8 Å². The minimum absolute atomic E-state index is 0.0609. The molecule has 0 atom stereocenters. The van der Waals surface area contributed by atoms with Crippen LogP contribution in [-0.4, -0.2) is 12.1 Å². The lowest BCUT2D eigenvalue weighted by atomic mass is 10.5. The molecule has 82 valence electrons. The van der Waals surface area contributed by atoms with Crippen LogP contribution < -0.4 is 33.2 Å². The van der Waals surface area contributed by atoms with Gasteiger partial charge < -0.3 is 15.9 Å². The Labute approximate surface area is 84.1 Å². The average Bonchev–Trinajstić information content (AvgIpc) is 2.63. The third-order valence-corrected chi connectivity index (χ3v) is 1.53. The van der Waals surface area contributed by atoms with E-state index in [1.165, 1.54) is 12.1 Å². The molecule has 0 aliphatic heterocycles. The Kier molecular flexibility index (Phi) is 2.78. The number of anilines is 2. The van der Waals surface area contributed by atoms with Crippen LogP contribution >= 0.6 is 0 Å². The lowest BCUT2D eigenvalue weighted by Gasteiger charge is -2.11. The van der Waals surface area contributed by atoms with Crippen molar-refractivity contribution in [3.05, 3.63) is 12.1 Å². The second-order valence-electron chi connectivity index (χ2n) is 2.53. The van der Waals surface area contributed by atoms with Crippen LogP contribution in [0.4, 0.5) is 21.4 Å². The molecule has 0 fully saturated rings. The van der Waals surface area contributed by atoms with Gasteiger partial charge in [-0.05, 0) is 0 Å². The second-order valence-corrected chi connectivity index (χ2v) is 2.53. The first-order chi connectivity index (χ1) is 6.93. The number of amides is 4. The summed E-state index contributed by atoms with van der Waals surface area (Å²) in [6.45, 7) is 0. The quantitative estimate of drug-likeness (QED) is 0.276. The average molecular weight is 214 g/mol. The summed E-state index contributed by atoms with van der Waals surface area (Å²) < 4.78 is 4.93. The van der Waals surface area contributed by atoms with Gasteiger partial charge in [0.1, 0.15) is 0 Å². The molecule has 1 aromatic rings. The van der Waals surface area contributed by atoms with Crippen LogP contribution in [0.1, 0.15) is 0 Å². The molecule has 8 N–H and O–H groups in total. The second kappa shape index (κ2) is 3.86. The van der Waals surface area contributed by atoms with Gasteiger partial charge in [0.05, 0.1) is 0 Å². The van der Waals surface area contributed by atoms with E-state index in [0.29, 0.717) is 10.0 Å². The van der Waals surface area contributed by atoms with Crippen molar-refractivity contribution < 1.29 is 14.0 Å². The van der Waals surface area contributed by atoms with Gasteiger partial charge in [-0.3, -0.25) is 0 Å². The van der Waals surface area contributed by atoms with Gasteiger partial charge in [0, 0.05) is 12.1 Å². The maximum atomic E-state index is 10.6. The fourth-order valence-electron chi connectivity index (χ4n) is 0.794. The van der Waals surface area contributed by atoms with Crippen molar-refractivity contribution in [2.24, 2.45) is 23.2 Å². The number of nitrogens with two attached hydrogens (primary N) is 4. The summed E-state index contributed by atoms with van der Waals surface area (Å²) in [5.41, 5.74) is 9.76. The zero-order valence-corrected chi connectivity index (χ0v) is 7.58. The summed E-state index contributed by atoms with van der Waals surface area (Å²) in [6, 6.07) is 0.781. The van der Waals surface area contributed by atoms with Crippen molar-refractivity contribution in [2.75, 3.05) is 10.0 Å². The van der Waals surface area contributed by atoms with Crippen molar-refractivity contribution in [1.29, 1.82) is 0 Å². The summed E-state index contributed by atoms with van der Waals surface area (Å²) in [5.74, 6) is 10.3. The Hall–Kier alpha value is -2.26. The molecule has 0 saturated heterocycles. The standard InChI is InChI=1S/C6H10N6O3/c7-5(13)11(9)3-1-2-4(15-3)12(10)6(8)14/h1-2H,9-10H2,(H2,7,13)(H2,8,14). The van der Waals surface area contributed by atoms with E-state index < -0.39 is 12.1 Å². The van der Waals surface area contributed by atoms with Crippen LogP contribution in [0, 0.1) is 0 Å². The molecule has 0 spiro atoms. The lowest BCUT2D eigenvalue weighted by molar-refractivity contribution is 0.252. The Morgan fingerprint density at radius 2 is 1.33 bits per heavy atom. The van der Waals surface area contributed by atoms with Gasteiger partial charge >= 0.3 is 12.1 Å². The third-order valence-electron chi connectivity index (χ3n) is 1.53. The number of hydrogen-bond acceptors (Lipinski definition) is 5. The number of hydrogen-bond donors (Lipinski definition) is 4. The molecule has 1 rings (SSSR count). The van der Waals surface area contributed by atoms with E-state index in [2.05, 4.69) is 0 Å². The molecule has 4 amide bonds. The summed E-state index contributed by atoms with van der Waals surface area (Å²) in [4.78, 5) is 21.3. The topological polar surface area (TPSA) is 158 Å². The highest BCUT2D eigenvalue weighted by molar-refractivity contribution is 5.90. The molecule has 0 bridgehead atoms. The number of rotatable bonds is 2. The molecule has 0 aliphatic rings. The number of primary amides is 2. The summed E-state index contributed by atoms with van der Waals surface area (Å²) >= 11 is 0. The van der Waals surface area contributed by atoms with Gasteiger partial charge in [0.25, 0.3) is 0 Å². The number of carbonyl (C=O) groups is 2. The van der Waals surface area contributed by atoms with Gasteiger partial charge in [-0.25, -0.2) is 21.3 Å². The van der Waals surface area contributed by atoms with Gasteiger partial charge in [-0.1, -0.05) is 0 Å². The van der Waals surface area contributed by atoms with Crippen LogP contribution in [0.2, 0.25) is 0 Å². The van der Waals surface area contributed by atoms with Crippen LogP contribution in [0.15, 0.2) is 16.5 Å². The van der Waals surface area contributed by atoms with Crippen molar-refractivity contribution >= 4 is 23.8 Å². The van der Waals surface area contributed by atoms with E-state index in [1.807, 2.05) is 0 Å². The van der Waals surface area contributed by atoms with Crippen LogP contribution in [0.25, 0.3) is 0 Å². The van der Waals surface area contributed by atoms with Crippen LogP contribution in [-0.2, 0) is 0 Å². The van der Waals surface area contributed by atoms with Crippen molar-refractivity contribution in [1.82, 2.24) is 0 Å². The number of furan rings is 1. The lowest BCUT2D eigenvalue weighted by Crippen LogP contribution is -2.42. The fraction of sp³-hybridized carbons (Fsp3) is 0. The Morgan fingerprint density at radius 3 is 1.60 bits per heavy atom. The molecule has 9 heteroatoms. The van der Waals surface area contributed by atoms with Crippen molar-refractivity contribution in [3.63, 3.8) is 0 Å². The first-order valence-corrected chi connectivity index (χ1v) is 3.72. The maximum Gasteiger partial charge on any atom is 0.336 e. The van der Waals surface area contributed by atoms with Crippen LogP contribution in [0.5, 0.6) is 0 Å². The van der Waals surface area contributed by atoms with E-state index in [4.69, 9.17) is 27.6 Å². The Morgan fingerprint density at radius 1 is 1.00 bits per heavy atom. The smallest absolute Gasteiger partial charge is 0.336 e. The zero-order chi connectivity index (χ0) is 11.6. The SMILES string of the molecule is NC(=O)N(N)c1ccc(N(N)C(N)=O)o1. The number of carbonyl (C=O) groups excluding carboxylic acids is 2. The molecule has 0 saturated carbocycles. The van der Waals surface area contributed by atoms with E-state index in [9.17, 15) is 9.59 Å². The summed E-state index contributed by atoms with van der Waals surface area (Å²) in [6.07, 6.45) is 0. The minimum atomic E-state index is -0.918. The highest BCUT2D eigenvalue weighted by Crippen LogP contribution is 2.21. The molecular weight excluding hydrogens is 204 g/mol. The molecule has 0 aliphatic carbocycles. The van der Waals surface area contributed by atoms with Gasteiger partial charge in [0.2, 0.25) is 11.8 Å². The van der Waals surface area contributed by atoms with E-state index >= 15 is 0 Å². The normalized spacial score (nSPS) is 9.73. The van der Waals surface area contributed by atoms with Gasteiger partial charge in [-0.15, -0.1) is 0 Å². The molecule has 1 heterocycles. The summed E-state index contributed by atoms with van der Waals surface area (Å²) in [5, 5.41) is 1.11. The highest BCUT2D eigenvalue weighted by Gasteiger charge is 2.16. The number of hydrazine groups is 2. The first-order valence-electron chi connectivity index (χ1n) is 3.72. The fourth-order valence-corrected chi connectivity index (χ4v) is 0.794. The van der Waals surface area contributed by atoms with E-state index in [1.54, 1.807) is 0 Å². The molecule has 0 unspecified atom stereocenters. The number of urea groups is 2. The maximum absolute atomic E-state index is 10.6.